The Labute approximate surface area is 121 Å². The molecule has 0 bridgehead atoms. The van der Waals surface area contributed by atoms with Crippen LogP contribution in [0, 0.1) is 0 Å². The Balaban J connectivity index is 2.79. The van der Waals surface area contributed by atoms with Crippen molar-refractivity contribution in [2.24, 2.45) is 0 Å². The summed E-state index contributed by atoms with van der Waals surface area (Å²) < 4.78 is 5.44. The number of nitrogens with zero attached hydrogens (tertiary/aromatic N) is 1. The van der Waals surface area contributed by atoms with Crippen molar-refractivity contribution in [2.45, 2.75) is 33.7 Å². The van der Waals surface area contributed by atoms with Crippen LogP contribution in [-0.4, -0.2) is 36.5 Å². The van der Waals surface area contributed by atoms with Crippen LogP contribution in [0.25, 0.3) is 0 Å². The highest BCUT2D eigenvalue weighted by atomic mass is 16.5. The molecule has 0 saturated carbocycles. The zero-order valence-electron chi connectivity index (χ0n) is 12.8. The molecule has 1 unspecified atom stereocenters. The Kier molecular flexibility index (Phi) is 6.15. The van der Waals surface area contributed by atoms with Crippen molar-refractivity contribution in [3.8, 4) is 5.75 Å². The summed E-state index contributed by atoms with van der Waals surface area (Å²) in [5.74, 6) is 0.785. The minimum atomic E-state index is -0.300. The second-order valence-electron chi connectivity index (χ2n) is 4.60. The molecule has 20 heavy (non-hydrogen) atoms. The predicted molar refractivity (Wildman–Crippen MR) is 83.0 cm³/mol. The summed E-state index contributed by atoms with van der Waals surface area (Å²) in [6, 6.07) is 5.12. The van der Waals surface area contributed by atoms with Crippen molar-refractivity contribution in [1.29, 1.82) is 0 Å². The number of nitrogens with two attached hydrogens (primary N) is 1. The molecule has 0 aliphatic heterocycles. The standard InChI is InChI=1S/C15H25N3O2/c1-5-18(6-2)15(19)11(4)17-13-8-12(16)9-14(10-13)20-7-3/h8-11,17H,5-7,16H2,1-4H3. The van der Waals surface area contributed by atoms with Crippen molar-refractivity contribution in [2.75, 3.05) is 30.7 Å². The third kappa shape index (κ3) is 4.33. The SMILES string of the molecule is CCOc1cc(N)cc(NC(C)C(=O)N(CC)CC)c1. The zero-order chi connectivity index (χ0) is 15.1. The van der Waals surface area contributed by atoms with Gasteiger partial charge in [0.15, 0.2) is 0 Å². The number of rotatable bonds is 7. The van der Waals surface area contributed by atoms with E-state index in [9.17, 15) is 4.79 Å². The lowest BCUT2D eigenvalue weighted by Gasteiger charge is -2.24. The average molecular weight is 279 g/mol. The Morgan fingerprint density at radius 2 is 1.95 bits per heavy atom. The van der Waals surface area contributed by atoms with Crippen LogP contribution in [0.3, 0.4) is 0 Å². The van der Waals surface area contributed by atoms with Crippen LogP contribution in [0.1, 0.15) is 27.7 Å². The fraction of sp³-hybridized carbons (Fsp3) is 0.533. The molecule has 0 aromatic heterocycles. The van der Waals surface area contributed by atoms with Gasteiger partial charge in [-0.1, -0.05) is 0 Å². The fourth-order valence-electron chi connectivity index (χ4n) is 2.08. The van der Waals surface area contributed by atoms with Gasteiger partial charge in [0.2, 0.25) is 5.91 Å². The lowest BCUT2D eigenvalue weighted by atomic mass is 10.2. The van der Waals surface area contributed by atoms with Crippen LogP contribution in [0.4, 0.5) is 11.4 Å². The monoisotopic (exact) mass is 279 g/mol. The highest BCUT2D eigenvalue weighted by molar-refractivity contribution is 5.84. The van der Waals surface area contributed by atoms with E-state index in [1.807, 2.05) is 33.8 Å². The second-order valence-corrected chi connectivity index (χ2v) is 4.60. The van der Waals surface area contributed by atoms with Gasteiger partial charge < -0.3 is 20.7 Å². The Morgan fingerprint density at radius 1 is 1.30 bits per heavy atom. The smallest absolute Gasteiger partial charge is 0.244 e. The van der Waals surface area contributed by atoms with E-state index < -0.39 is 0 Å². The summed E-state index contributed by atoms with van der Waals surface area (Å²) in [5, 5.41) is 3.18. The topological polar surface area (TPSA) is 67.6 Å². The maximum Gasteiger partial charge on any atom is 0.244 e. The number of carbonyl (C=O) groups is 1. The Morgan fingerprint density at radius 3 is 2.50 bits per heavy atom. The summed E-state index contributed by atoms with van der Waals surface area (Å²) in [6.07, 6.45) is 0. The van der Waals surface area contributed by atoms with Gasteiger partial charge in [0.05, 0.1) is 6.61 Å². The van der Waals surface area contributed by atoms with Gasteiger partial charge in [-0.25, -0.2) is 0 Å². The van der Waals surface area contributed by atoms with Crippen LogP contribution in [-0.2, 0) is 4.79 Å². The van der Waals surface area contributed by atoms with E-state index in [4.69, 9.17) is 10.5 Å². The van der Waals surface area contributed by atoms with Gasteiger partial charge in [0.25, 0.3) is 0 Å². The van der Waals surface area contributed by atoms with E-state index in [1.54, 1.807) is 17.0 Å². The molecule has 0 saturated heterocycles. The number of amides is 1. The molecule has 1 amide bonds. The minimum Gasteiger partial charge on any atom is -0.494 e. The summed E-state index contributed by atoms with van der Waals surface area (Å²) in [7, 11) is 0. The number of likely N-dealkylation sites (N-methyl/N-ethyl adjacent to an activating group) is 1. The van der Waals surface area contributed by atoms with Gasteiger partial charge in [-0.2, -0.15) is 0 Å². The van der Waals surface area contributed by atoms with Crippen molar-refractivity contribution < 1.29 is 9.53 Å². The molecule has 1 rings (SSSR count). The van der Waals surface area contributed by atoms with E-state index in [-0.39, 0.29) is 11.9 Å². The number of nitrogens with one attached hydrogen (secondary N) is 1. The minimum absolute atomic E-state index is 0.0791. The maximum atomic E-state index is 12.2. The molecule has 0 spiro atoms. The Hall–Kier alpha value is -1.91. The molecule has 3 N–H and O–H groups in total. The van der Waals surface area contributed by atoms with Crippen LogP contribution >= 0.6 is 0 Å². The van der Waals surface area contributed by atoms with E-state index in [0.29, 0.717) is 31.1 Å². The van der Waals surface area contributed by atoms with Crippen LogP contribution in [0.15, 0.2) is 18.2 Å². The van der Waals surface area contributed by atoms with Crippen molar-refractivity contribution in [3.05, 3.63) is 18.2 Å². The third-order valence-electron chi connectivity index (χ3n) is 3.07. The van der Waals surface area contributed by atoms with Gasteiger partial charge in [0.1, 0.15) is 11.8 Å². The van der Waals surface area contributed by atoms with Crippen LogP contribution in [0.5, 0.6) is 5.75 Å². The first-order chi connectivity index (χ1) is 9.51. The highest BCUT2D eigenvalue weighted by Gasteiger charge is 2.18. The van der Waals surface area contributed by atoms with Crippen molar-refractivity contribution in [3.63, 3.8) is 0 Å². The van der Waals surface area contributed by atoms with E-state index >= 15 is 0 Å². The zero-order valence-corrected chi connectivity index (χ0v) is 12.8. The second kappa shape index (κ2) is 7.62. The lowest BCUT2D eigenvalue weighted by Crippen LogP contribution is -2.41. The maximum absolute atomic E-state index is 12.2. The van der Waals surface area contributed by atoms with Crippen LogP contribution < -0.4 is 15.8 Å². The number of ether oxygens (including phenoxy) is 1. The summed E-state index contributed by atoms with van der Waals surface area (Å²) in [6.45, 7) is 9.72. The van der Waals surface area contributed by atoms with E-state index in [2.05, 4.69) is 5.32 Å². The predicted octanol–water partition coefficient (Wildman–Crippen LogP) is 2.34. The molecule has 112 valence electrons. The molecule has 0 radical (unpaired) electrons. The summed E-state index contributed by atoms with van der Waals surface area (Å²) in [5.41, 5.74) is 7.24. The normalized spacial score (nSPS) is 11.8. The molecule has 0 heterocycles. The number of hydrogen-bond acceptors (Lipinski definition) is 4. The van der Waals surface area contributed by atoms with Crippen molar-refractivity contribution in [1.82, 2.24) is 4.90 Å². The number of nitrogen functional groups attached to an aromatic ring is 1. The average Bonchev–Trinajstić information content (AvgIpc) is 2.39. The lowest BCUT2D eigenvalue weighted by molar-refractivity contribution is -0.131. The first-order valence-electron chi connectivity index (χ1n) is 7.10. The van der Waals surface area contributed by atoms with Gasteiger partial charge in [-0.05, 0) is 33.8 Å². The molecular formula is C15H25N3O2. The molecule has 5 nitrogen and oxygen atoms in total. The summed E-state index contributed by atoms with van der Waals surface area (Å²) in [4.78, 5) is 14.0. The first-order valence-corrected chi connectivity index (χ1v) is 7.10. The van der Waals surface area contributed by atoms with Gasteiger partial charge in [-0.15, -0.1) is 0 Å². The molecule has 1 aromatic rings. The molecule has 1 atom stereocenters. The molecule has 1 aromatic carbocycles. The van der Waals surface area contributed by atoms with Gasteiger partial charge >= 0.3 is 0 Å². The number of anilines is 2. The summed E-state index contributed by atoms with van der Waals surface area (Å²) >= 11 is 0. The van der Waals surface area contributed by atoms with E-state index in [0.717, 1.165) is 5.69 Å². The molecule has 0 fully saturated rings. The number of carbonyl (C=O) groups excluding carboxylic acids is 1. The molecule has 5 heteroatoms. The van der Waals surface area contributed by atoms with Gasteiger partial charge in [0, 0.05) is 36.6 Å². The van der Waals surface area contributed by atoms with Crippen LogP contribution in [0.2, 0.25) is 0 Å². The molecule has 0 aliphatic carbocycles. The van der Waals surface area contributed by atoms with Gasteiger partial charge in [-0.3, -0.25) is 4.79 Å². The quantitative estimate of drug-likeness (QED) is 0.752. The highest BCUT2D eigenvalue weighted by Crippen LogP contribution is 2.23. The third-order valence-corrected chi connectivity index (χ3v) is 3.07. The number of benzene rings is 1. The Bertz CT molecular complexity index is 445. The largest absolute Gasteiger partial charge is 0.494 e. The van der Waals surface area contributed by atoms with Crippen molar-refractivity contribution >= 4 is 17.3 Å². The molecular weight excluding hydrogens is 254 g/mol. The molecule has 0 aliphatic rings. The fourth-order valence-corrected chi connectivity index (χ4v) is 2.08. The number of hydrogen-bond donors (Lipinski definition) is 2. The first kappa shape index (κ1) is 16.1. The van der Waals surface area contributed by atoms with E-state index in [1.165, 1.54) is 0 Å².